The molecule has 29 heavy (non-hydrogen) atoms. The minimum atomic E-state index is 0. The van der Waals surface area contributed by atoms with Crippen molar-refractivity contribution in [1.29, 1.82) is 0 Å². The fourth-order valence-corrected chi connectivity index (χ4v) is 3.39. The fraction of sp³-hybridized carbons (Fsp3) is 0.409. The van der Waals surface area contributed by atoms with Crippen LogP contribution in [-0.2, 0) is 17.9 Å². The molecule has 2 aromatic carbocycles. The maximum Gasteiger partial charge on any atom is 0.194 e. The van der Waals surface area contributed by atoms with Crippen molar-refractivity contribution in [3.05, 3.63) is 59.7 Å². The van der Waals surface area contributed by atoms with Crippen molar-refractivity contribution in [2.45, 2.75) is 20.1 Å². The molecule has 2 N–H and O–H groups in total. The van der Waals surface area contributed by atoms with Gasteiger partial charge in [0, 0.05) is 39.8 Å². The third-order valence-electron chi connectivity index (χ3n) is 4.88. The highest BCUT2D eigenvalue weighted by molar-refractivity contribution is 14.0. The van der Waals surface area contributed by atoms with Gasteiger partial charge in [-0.1, -0.05) is 36.4 Å². The minimum Gasteiger partial charge on any atom is -0.506 e. The minimum absolute atomic E-state index is 0. The molecular weight excluding hydrogens is 479 g/mol. The van der Waals surface area contributed by atoms with Gasteiger partial charge in [-0.25, -0.2) is 4.99 Å². The van der Waals surface area contributed by atoms with Gasteiger partial charge in [0.05, 0.1) is 18.8 Å². The number of ether oxygens (including phenoxy) is 1. The Morgan fingerprint density at radius 3 is 2.31 bits per heavy atom. The molecule has 0 spiro atoms. The van der Waals surface area contributed by atoms with Gasteiger partial charge in [0.25, 0.3) is 0 Å². The molecular formula is C22H31IN4O2. The smallest absolute Gasteiger partial charge is 0.194 e. The van der Waals surface area contributed by atoms with Crippen molar-refractivity contribution in [2.75, 3.05) is 44.7 Å². The van der Waals surface area contributed by atoms with Crippen molar-refractivity contribution in [2.24, 2.45) is 4.99 Å². The summed E-state index contributed by atoms with van der Waals surface area (Å²) in [5.41, 5.74) is 3.26. The summed E-state index contributed by atoms with van der Waals surface area (Å²) in [6, 6.07) is 15.9. The highest BCUT2D eigenvalue weighted by Crippen LogP contribution is 2.27. The van der Waals surface area contributed by atoms with Gasteiger partial charge in [-0.15, -0.1) is 24.0 Å². The second-order valence-corrected chi connectivity index (χ2v) is 6.88. The van der Waals surface area contributed by atoms with E-state index in [0.29, 0.717) is 18.9 Å². The number of phenolic OH excluding ortho intramolecular Hbond substituents is 1. The maximum absolute atomic E-state index is 10.1. The summed E-state index contributed by atoms with van der Waals surface area (Å²) >= 11 is 0. The molecule has 6 nitrogen and oxygen atoms in total. The zero-order chi connectivity index (χ0) is 19.8. The average molecular weight is 510 g/mol. The van der Waals surface area contributed by atoms with Gasteiger partial charge in [0.2, 0.25) is 0 Å². The zero-order valence-corrected chi connectivity index (χ0v) is 19.5. The van der Waals surface area contributed by atoms with Gasteiger partial charge in [-0.05, 0) is 30.2 Å². The molecule has 0 aromatic heterocycles. The van der Waals surface area contributed by atoms with Crippen LogP contribution in [0.1, 0.15) is 18.1 Å². The molecule has 3 rings (SSSR count). The molecule has 0 atom stereocenters. The van der Waals surface area contributed by atoms with Crippen LogP contribution in [0, 0.1) is 0 Å². The zero-order valence-electron chi connectivity index (χ0n) is 17.2. The van der Waals surface area contributed by atoms with Gasteiger partial charge in [0.1, 0.15) is 5.75 Å². The number of guanidine groups is 1. The number of halogens is 1. The average Bonchev–Trinajstić information content (AvgIpc) is 2.73. The number of nitrogens with one attached hydrogen (secondary N) is 1. The highest BCUT2D eigenvalue weighted by Gasteiger charge is 2.21. The summed E-state index contributed by atoms with van der Waals surface area (Å²) in [7, 11) is 1.71. The van der Waals surface area contributed by atoms with Crippen LogP contribution in [0.4, 0.5) is 5.69 Å². The van der Waals surface area contributed by atoms with Crippen LogP contribution in [0.3, 0.4) is 0 Å². The SMILES string of the molecule is CCNC(=NCc1ccc(COC)cc1)N1CCN(c2ccccc2O)CC1.I. The van der Waals surface area contributed by atoms with E-state index in [1.165, 1.54) is 11.1 Å². The third kappa shape index (κ3) is 6.50. The number of methoxy groups -OCH3 is 1. The lowest BCUT2D eigenvalue weighted by atomic mass is 10.1. The van der Waals surface area contributed by atoms with Crippen LogP contribution >= 0.6 is 24.0 Å². The number of anilines is 1. The third-order valence-corrected chi connectivity index (χ3v) is 4.88. The molecule has 7 heteroatoms. The monoisotopic (exact) mass is 510 g/mol. The van der Waals surface area contributed by atoms with E-state index in [1.54, 1.807) is 13.2 Å². The summed E-state index contributed by atoms with van der Waals surface area (Å²) in [5.74, 6) is 1.29. The molecule has 1 aliphatic heterocycles. The van der Waals surface area contributed by atoms with E-state index in [2.05, 4.69) is 46.3 Å². The summed E-state index contributed by atoms with van der Waals surface area (Å²) < 4.78 is 5.16. The molecule has 0 aliphatic carbocycles. The predicted molar refractivity (Wildman–Crippen MR) is 129 cm³/mol. The van der Waals surface area contributed by atoms with Crippen LogP contribution in [0.25, 0.3) is 0 Å². The van der Waals surface area contributed by atoms with E-state index in [-0.39, 0.29) is 24.0 Å². The van der Waals surface area contributed by atoms with E-state index >= 15 is 0 Å². The largest absolute Gasteiger partial charge is 0.506 e. The Balaban J connectivity index is 0.00000300. The number of rotatable bonds is 6. The Bertz CT molecular complexity index is 775. The second kappa shape index (κ2) is 11.9. The summed E-state index contributed by atoms with van der Waals surface area (Å²) in [6.45, 7) is 7.66. The number of benzene rings is 2. The van der Waals surface area contributed by atoms with E-state index in [4.69, 9.17) is 9.73 Å². The summed E-state index contributed by atoms with van der Waals surface area (Å²) in [5, 5.41) is 13.5. The second-order valence-electron chi connectivity index (χ2n) is 6.88. The van der Waals surface area contributed by atoms with Gasteiger partial charge in [-0.2, -0.15) is 0 Å². The highest BCUT2D eigenvalue weighted by atomic mass is 127. The molecule has 0 radical (unpaired) electrons. The van der Waals surface area contributed by atoms with E-state index in [1.807, 2.05) is 18.2 Å². The number of aliphatic imine (C=N–C) groups is 1. The first-order valence-electron chi connectivity index (χ1n) is 9.84. The summed E-state index contributed by atoms with van der Waals surface area (Å²) in [4.78, 5) is 9.35. The van der Waals surface area contributed by atoms with Crippen molar-refractivity contribution >= 4 is 35.6 Å². The standard InChI is InChI=1S/C22H30N4O2.HI/c1-3-23-22(24-16-18-8-10-19(11-9-18)17-28-2)26-14-12-25(13-15-26)20-6-4-5-7-21(20)27;/h4-11,27H,3,12-17H2,1-2H3,(H,23,24);1H. The molecule has 158 valence electrons. The first kappa shape index (κ1) is 23.3. The molecule has 1 heterocycles. The molecule has 2 aromatic rings. The first-order chi connectivity index (χ1) is 13.7. The Morgan fingerprint density at radius 2 is 1.69 bits per heavy atom. The maximum atomic E-state index is 10.1. The Hall–Kier alpha value is -2.00. The van der Waals surface area contributed by atoms with Crippen molar-refractivity contribution in [1.82, 2.24) is 10.2 Å². The molecule has 0 bridgehead atoms. The summed E-state index contributed by atoms with van der Waals surface area (Å²) in [6.07, 6.45) is 0. The number of para-hydroxylation sites is 2. The topological polar surface area (TPSA) is 60.3 Å². The van der Waals surface area contributed by atoms with Crippen LogP contribution < -0.4 is 10.2 Å². The molecule has 1 saturated heterocycles. The van der Waals surface area contributed by atoms with Gasteiger partial charge in [0.15, 0.2) is 5.96 Å². The predicted octanol–water partition coefficient (Wildman–Crippen LogP) is 3.44. The Kier molecular flexibility index (Phi) is 9.53. The number of piperazine rings is 1. The quantitative estimate of drug-likeness (QED) is 0.354. The molecule has 0 unspecified atom stereocenters. The van der Waals surface area contributed by atoms with Crippen molar-refractivity contribution in [3.8, 4) is 5.75 Å². The molecule has 0 amide bonds. The Labute approximate surface area is 190 Å². The lowest BCUT2D eigenvalue weighted by molar-refractivity contribution is 0.185. The molecule has 1 fully saturated rings. The number of hydrogen-bond donors (Lipinski definition) is 2. The number of hydrogen-bond acceptors (Lipinski definition) is 4. The van der Waals surface area contributed by atoms with E-state index in [9.17, 15) is 5.11 Å². The van der Waals surface area contributed by atoms with Crippen LogP contribution in [0.15, 0.2) is 53.5 Å². The van der Waals surface area contributed by atoms with E-state index in [0.717, 1.165) is 44.4 Å². The number of aromatic hydroxyl groups is 1. The van der Waals surface area contributed by atoms with Gasteiger partial charge < -0.3 is 25.0 Å². The Morgan fingerprint density at radius 1 is 1.03 bits per heavy atom. The van der Waals surface area contributed by atoms with Gasteiger partial charge >= 0.3 is 0 Å². The van der Waals surface area contributed by atoms with E-state index < -0.39 is 0 Å². The number of phenols is 1. The molecule has 1 aliphatic rings. The number of nitrogens with zero attached hydrogens (tertiary/aromatic N) is 3. The van der Waals surface area contributed by atoms with Crippen molar-refractivity contribution < 1.29 is 9.84 Å². The molecule has 0 saturated carbocycles. The lowest BCUT2D eigenvalue weighted by Gasteiger charge is -2.37. The van der Waals surface area contributed by atoms with Crippen LogP contribution in [0.2, 0.25) is 0 Å². The van der Waals surface area contributed by atoms with Gasteiger partial charge in [-0.3, -0.25) is 0 Å². The fourth-order valence-electron chi connectivity index (χ4n) is 3.39. The van der Waals surface area contributed by atoms with Crippen LogP contribution in [-0.4, -0.2) is 55.8 Å². The normalized spacial score (nSPS) is 14.5. The van der Waals surface area contributed by atoms with Crippen LogP contribution in [0.5, 0.6) is 5.75 Å². The first-order valence-corrected chi connectivity index (χ1v) is 9.84. The van der Waals surface area contributed by atoms with Crippen molar-refractivity contribution in [3.63, 3.8) is 0 Å². The lowest BCUT2D eigenvalue weighted by Crippen LogP contribution is -2.52.